The fraction of sp³-hybridized carbons (Fsp3) is 1.00. The molecule has 1 atom stereocenters. The van der Waals surface area contributed by atoms with Gasteiger partial charge in [0.25, 0.3) is 0 Å². The van der Waals surface area contributed by atoms with Crippen molar-refractivity contribution < 1.29 is 13.2 Å². The molecular weight excluding hydrogens is 260 g/mol. The summed E-state index contributed by atoms with van der Waals surface area (Å²) in [5.41, 5.74) is 0. The number of halogens is 1. The highest BCUT2D eigenvalue weighted by Crippen LogP contribution is 2.25. The fourth-order valence-electron chi connectivity index (χ4n) is 2.48. The Labute approximate surface area is 109 Å². The van der Waals surface area contributed by atoms with Crippen LogP contribution < -0.4 is 0 Å². The Morgan fingerprint density at radius 3 is 2.53 bits per heavy atom. The van der Waals surface area contributed by atoms with Crippen LogP contribution in [0.25, 0.3) is 0 Å². The molecule has 0 heterocycles. The van der Waals surface area contributed by atoms with Crippen LogP contribution >= 0.6 is 10.7 Å². The lowest BCUT2D eigenvalue weighted by Crippen LogP contribution is -2.19. The third-order valence-corrected chi connectivity index (χ3v) is 4.56. The van der Waals surface area contributed by atoms with Crippen molar-refractivity contribution in [2.24, 2.45) is 11.8 Å². The highest BCUT2D eigenvalue weighted by molar-refractivity contribution is 8.13. The lowest BCUT2D eigenvalue weighted by Gasteiger charge is -2.16. The highest BCUT2D eigenvalue weighted by Gasteiger charge is 2.19. The molecule has 1 aliphatic carbocycles. The maximum Gasteiger partial charge on any atom is 0.232 e. The zero-order chi connectivity index (χ0) is 12.7. The summed E-state index contributed by atoms with van der Waals surface area (Å²) in [6.07, 6.45) is 6.95. The van der Waals surface area contributed by atoms with Crippen LogP contribution in [0.4, 0.5) is 0 Å². The van der Waals surface area contributed by atoms with Gasteiger partial charge in [-0.15, -0.1) is 0 Å². The standard InChI is InChI=1S/C12H23ClO3S/c1-2-5-12(10-17(13,14)15)9-16-8-11-6-3-4-7-11/h11-12H,2-10H2,1H3. The summed E-state index contributed by atoms with van der Waals surface area (Å²) in [7, 11) is 1.88. The molecule has 1 rings (SSSR count). The van der Waals surface area contributed by atoms with E-state index in [4.69, 9.17) is 15.4 Å². The summed E-state index contributed by atoms with van der Waals surface area (Å²) in [6.45, 7) is 3.35. The first kappa shape index (κ1) is 15.3. The van der Waals surface area contributed by atoms with Crippen LogP contribution in [0.15, 0.2) is 0 Å². The van der Waals surface area contributed by atoms with Crippen LogP contribution in [0.5, 0.6) is 0 Å². The molecule has 1 saturated carbocycles. The second kappa shape index (κ2) is 7.59. The minimum atomic E-state index is -3.40. The van der Waals surface area contributed by atoms with E-state index in [1.165, 1.54) is 25.7 Å². The Balaban J connectivity index is 2.23. The smallest absolute Gasteiger partial charge is 0.232 e. The van der Waals surface area contributed by atoms with E-state index >= 15 is 0 Å². The number of hydrogen-bond donors (Lipinski definition) is 0. The van der Waals surface area contributed by atoms with Gasteiger partial charge in [0, 0.05) is 17.3 Å². The molecule has 0 aromatic heterocycles. The van der Waals surface area contributed by atoms with E-state index in [1.54, 1.807) is 0 Å². The van der Waals surface area contributed by atoms with Crippen molar-refractivity contribution >= 4 is 19.7 Å². The third kappa shape index (κ3) is 7.27. The molecule has 0 bridgehead atoms. The van der Waals surface area contributed by atoms with Crippen LogP contribution in [0.3, 0.4) is 0 Å². The summed E-state index contributed by atoms with van der Waals surface area (Å²) in [5.74, 6) is 0.765. The van der Waals surface area contributed by atoms with E-state index in [2.05, 4.69) is 0 Å². The van der Waals surface area contributed by atoms with Gasteiger partial charge in [0.1, 0.15) is 0 Å². The minimum Gasteiger partial charge on any atom is -0.381 e. The van der Waals surface area contributed by atoms with E-state index in [0.29, 0.717) is 12.5 Å². The quantitative estimate of drug-likeness (QED) is 0.642. The molecule has 0 N–H and O–H groups in total. The second-order valence-electron chi connectivity index (χ2n) is 5.05. The Kier molecular flexibility index (Phi) is 6.82. The molecule has 3 nitrogen and oxygen atoms in total. The van der Waals surface area contributed by atoms with Gasteiger partial charge in [-0.05, 0) is 31.1 Å². The van der Waals surface area contributed by atoms with E-state index < -0.39 is 9.05 Å². The summed E-state index contributed by atoms with van der Waals surface area (Å²) in [6, 6.07) is 0. The molecule has 1 fully saturated rings. The Bertz CT molecular complexity index is 297. The van der Waals surface area contributed by atoms with Crippen molar-refractivity contribution in [2.45, 2.75) is 45.4 Å². The first-order valence-corrected chi connectivity index (χ1v) is 8.99. The van der Waals surface area contributed by atoms with Crippen LogP contribution in [0.2, 0.25) is 0 Å². The zero-order valence-electron chi connectivity index (χ0n) is 10.5. The summed E-state index contributed by atoms with van der Waals surface area (Å²) in [5, 5.41) is 0. The van der Waals surface area contributed by atoms with Crippen LogP contribution in [-0.2, 0) is 13.8 Å². The number of rotatable bonds is 8. The zero-order valence-corrected chi connectivity index (χ0v) is 12.1. The predicted octanol–water partition coefficient (Wildman–Crippen LogP) is 3.18. The SMILES string of the molecule is CCCC(COCC1CCCC1)CS(=O)(=O)Cl. The maximum atomic E-state index is 11.0. The maximum absolute atomic E-state index is 11.0. The topological polar surface area (TPSA) is 43.4 Å². The van der Waals surface area contributed by atoms with Gasteiger partial charge in [0.05, 0.1) is 12.4 Å². The third-order valence-electron chi connectivity index (χ3n) is 3.31. The second-order valence-corrected chi connectivity index (χ2v) is 7.87. The summed E-state index contributed by atoms with van der Waals surface area (Å²) < 4.78 is 27.7. The highest BCUT2D eigenvalue weighted by atomic mass is 35.7. The lowest BCUT2D eigenvalue weighted by atomic mass is 10.1. The fourth-order valence-corrected chi connectivity index (χ4v) is 3.84. The molecule has 0 amide bonds. The normalized spacial score (nSPS) is 19.6. The molecule has 0 radical (unpaired) electrons. The molecule has 17 heavy (non-hydrogen) atoms. The Morgan fingerprint density at radius 2 is 2.00 bits per heavy atom. The Hall–Kier alpha value is 0.200. The number of hydrogen-bond acceptors (Lipinski definition) is 3. The largest absolute Gasteiger partial charge is 0.381 e. The monoisotopic (exact) mass is 282 g/mol. The minimum absolute atomic E-state index is 0.0348. The van der Waals surface area contributed by atoms with Gasteiger partial charge in [-0.2, -0.15) is 0 Å². The Morgan fingerprint density at radius 1 is 1.35 bits per heavy atom. The molecule has 1 unspecified atom stereocenters. The van der Waals surface area contributed by atoms with Crippen molar-refractivity contribution in [1.82, 2.24) is 0 Å². The van der Waals surface area contributed by atoms with E-state index in [9.17, 15) is 8.42 Å². The van der Waals surface area contributed by atoms with Gasteiger partial charge in [0.2, 0.25) is 9.05 Å². The average molecular weight is 283 g/mol. The lowest BCUT2D eigenvalue weighted by molar-refractivity contribution is 0.0755. The molecular formula is C12H23ClO3S. The van der Waals surface area contributed by atoms with Gasteiger partial charge in [-0.3, -0.25) is 0 Å². The van der Waals surface area contributed by atoms with Gasteiger partial charge < -0.3 is 4.74 Å². The molecule has 0 aliphatic heterocycles. The first-order chi connectivity index (χ1) is 8.01. The van der Waals surface area contributed by atoms with Crippen molar-refractivity contribution in [3.8, 4) is 0 Å². The van der Waals surface area contributed by atoms with Gasteiger partial charge in [-0.25, -0.2) is 8.42 Å². The molecule has 0 aromatic carbocycles. The summed E-state index contributed by atoms with van der Waals surface area (Å²) >= 11 is 0. The van der Waals surface area contributed by atoms with Crippen molar-refractivity contribution in [3.63, 3.8) is 0 Å². The molecule has 102 valence electrons. The van der Waals surface area contributed by atoms with Crippen LogP contribution in [0.1, 0.15) is 45.4 Å². The molecule has 0 spiro atoms. The van der Waals surface area contributed by atoms with E-state index in [-0.39, 0.29) is 11.7 Å². The first-order valence-electron chi connectivity index (χ1n) is 6.51. The van der Waals surface area contributed by atoms with Crippen LogP contribution in [-0.4, -0.2) is 27.4 Å². The van der Waals surface area contributed by atoms with Crippen LogP contribution in [0, 0.1) is 11.8 Å². The van der Waals surface area contributed by atoms with E-state index in [1.807, 2.05) is 6.92 Å². The van der Waals surface area contributed by atoms with Crippen molar-refractivity contribution in [1.29, 1.82) is 0 Å². The van der Waals surface area contributed by atoms with Gasteiger partial charge in [0.15, 0.2) is 0 Å². The average Bonchev–Trinajstić information content (AvgIpc) is 2.68. The molecule has 0 aromatic rings. The van der Waals surface area contributed by atoms with E-state index in [0.717, 1.165) is 19.4 Å². The molecule has 5 heteroatoms. The number of ether oxygens (including phenoxy) is 1. The summed E-state index contributed by atoms with van der Waals surface area (Å²) in [4.78, 5) is 0. The molecule has 1 aliphatic rings. The van der Waals surface area contributed by atoms with Crippen molar-refractivity contribution in [2.75, 3.05) is 19.0 Å². The molecule has 0 saturated heterocycles. The van der Waals surface area contributed by atoms with Gasteiger partial charge in [-0.1, -0.05) is 26.2 Å². The predicted molar refractivity (Wildman–Crippen MR) is 70.8 cm³/mol. The van der Waals surface area contributed by atoms with Gasteiger partial charge >= 0.3 is 0 Å². The van der Waals surface area contributed by atoms with Crippen molar-refractivity contribution in [3.05, 3.63) is 0 Å².